The van der Waals surface area contributed by atoms with Gasteiger partial charge in [0.25, 0.3) is 0 Å². The standard InChI is InChI=1S/C18H22O6/c1-9-17(20)12(19)8-15(24-9)11-5-4-10-13(22-2)6-7-14(23-3)16(10)18(11)21/h4-7,9,12,15,17,19-21H,8H2,1-3H3/t9-,12-,15-,17-/m1/s1. The molecule has 0 amide bonds. The fourth-order valence-corrected chi connectivity index (χ4v) is 3.26. The van der Waals surface area contributed by atoms with E-state index in [0.717, 1.165) is 5.39 Å². The highest BCUT2D eigenvalue weighted by Gasteiger charge is 2.36. The second kappa shape index (κ2) is 6.47. The normalized spacial score (nSPS) is 27.2. The summed E-state index contributed by atoms with van der Waals surface area (Å²) in [6.07, 6.45) is -2.67. The van der Waals surface area contributed by atoms with Crippen molar-refractivity contribution in [2.24, 2.45) is 0 Å². The molecule has 2 aromatic rings. The summed E-state index contributed by atoms with van der Waals surface area (Å²) in [7, 11) is 3.10. The summed E-state index contributed by atoms with van der Waals surface area (Å²) in [5.74, 6) is 1.18. The molecular weight excluding hydrogens is 312 g/mol. The van der Waals surface area contributed by atoms with E-state index in [1.54, 1.807) is 32.2 Å². The third-order valence-corrected chi connectivity index (χ3v) is 4.60. The third kappa shape index (κ3) is 2.66. The second-order valence-corrected chi connectivity index (χ2v) is 6.02. The van der Waals surface area contributed by atoms with Gasteiger partial charge >= 0.3 is 0 Å². The van der Waals surface area contributed by atoms with Gasteiger partial charge in [-0.15, -0.1) is 0 Å². The smallest absolute Gasteiger partial charge is 0.133 e. The molecule has 1 fully saturated rings. The van der Waals surface area contributed by atoms with Gasteiger partial charge in [-0.2, -0.15) is 0 Å². The maximum atomic E-state index is 10.8. The van der Waals surface area contributed by atoms with Gasteiger partial charge in [-0.3, -0.25) is 0 Å². The van der Waals surface area contributed by atoms with Crippen LogP contribution >= 0.6 is 0 Å². The second-order valence-electron chi connectivity index (χ2n) is 6.02. The maximum Gasteiger partial charge on any atom is 0.133 e. The summed E-state index contributed by atoms with van der Waals surface area (Å²) in [6.45, 7) is 1.70. The molecule has 3 rings (SSSR count). The summed E-state index contributed by atoms with van der Waals surface area (Å²) in [4.78, 5) is 0. The fraction of sp³-hybridized carbons (Fsp3) is 0.444. The molecule has 0 bridgehead atoms. The zero-order chi connectivity index (χ0) is 17.4. The van der Waals surface area contributed by atoms with E-state index in [1.165, 1.54) is 7.11 Å². The lowest BCUT2D eigenvalue weighted by molar-refractivity contribution is -0.163. The topological polar surface area (TPSA) is 88.4 Å². The van der Waals surface area contributed by atoms with Crippen LogP contribution in [0.3, 0.4) is 0 Å². The Morgan fingerprint density at radius 3 is 2.33 bits per heavy atom. The van der Waals surface area contributed by atoms with Crippen molar-refractivity contribution in [2.75, 3.05) is 14.2 Å². The van der Waals surface area contributed by atoms with Crippen LogP contribution in [0.15, 0.2) is 24.3 Å². The van der Waals surface area contributed by atoms with Crippen molar-refractivity contribution < 1.29 is 29.5 Å². The number of benzene rings is 2. The van der Waals surface area contributed by atoms with Gasteiger partial charge in [-0.05, 0) is 25.1 Å². The molecule has 0 unspecified atom stereocenters. The van der Waals surface area contributed by atoms with Crippen LogP contribution in [0.5, 0.6) is 17.2 Å². The minimum atomic E-state index is -0.932. The number of aromatic hydroxyl groups is 1. The number of methoxy groups -OCH3 is 2. The molecule has 2 aromatic carbocycles. The first-order valence-corrected chi connectivity index (χ1v) is 7.86. The Morgan fingerprint density at radius 1 is 1.04 bits per heavy atom. The van der Waals surface area contributed by atoms with Crippen LogP contribution in [-0.2, 0) is 4.74 Å². The van der Waals surface area contributed by atoms with Crippen molar-refractivity contribution in [1.29, 1.82) is 0 Å². The van der Waals surface area contributed by atoms with E-state index < -0.39 is 24.4 Å². The van der Waals surface area contributed by atoms with Crippen molar-refractivity contribution in [1.82, 2.24) is 0 Å². The van der Waals surface area contributed by atoms with Crippen molar-refractivity contribution >= 4 is 10.8 Å². The molecule has 1 aliphatic rings. The molecule has 0 aliphatic carbocycles. The molecule has 0 aromatic heterocycles. The van der Waals surface area contributed by atoms with E-state index in [9.17, 15) is 15.3 Å². The Labute approximate surface area is 140 Å². The molecule has 6 nitrogen and oxygen atoms in total. The molecule has 4 atom stereocenters. The molecule has 0 saturated carbocycles. The number of fused-ring (bicyclic) bond motifs is 1. The van der Waals surface area contributed by atoms with Gasteiger partial charge in [0.1, 0.15) is 23.4 Å². The highest BCUT2D eigenvalue weighted by atomic mass is 16.5. The number of phenols is 1. The summed E-state index contributed by atoms with van der Waals surface area (Å²) < 4.78 is 16.5. The summed E-state index contributed by atoms with van der Waals surface area (Å²) in [5, 5.41) is 31.9. The lowest BCUT2D eigenvalue weighted by Crippen LogP contribution is -2.43. The summed E-state index contributed by atoms with van der Waals surface area (Å²) >= 11 is 0. The minimum Gasteiger partial charge on any atom is -0.507 e. The van der Waals surface area contributed by atoms with E-state index in [-0.39, 0.29) is 12.2 Å². The lowest BCUT2D eigenvalue weighted by Gasteiger charge is -2.36. The van der Waals surface area contributed by atoms with Crippen molar-refractivity contribution in [3.05, 3.63) is 29.8 Å². The highest BCUT2D eigenvalue weighted by Crippen LogP contribution is 2.44. The molecule has 24 heavy (non-hydrogen) atoms. The molecule has 1 heterocycles. The van der Waals surface area contributed by atoms with Gasteiger partial charge in [-0.25, -0.2) is 0 Å². The number of phenolic OH excluding ortho intramolecular Hbond substituents is 1. The van der Waals surface area contributed by atoms with Crippen LogP contribution in [0, 0.1) is 0 Å². The van der Waals surface area contributed by atoms with Crippen LogP contribution in [0.1, 0.15) is 25.0 Å². The average Bonchev–Trinajstić information content (AvgIpc) is 2.58. The number of hydrogen-bond acceptors (Lipinski definition) is 6. The number of aliphatic hydroxyl groups excluding tert-OH is 2. The van der Waals surface area contributed by atoms with Gasteiger partial charge in [0.15, 0.2) is 0 Å². The zero-order valence-electron chi connectivity index (χ0n) is 13.9. The minimum absolute atomic E-state index is 0.0315. The van der Waals surface area contributed by atoms with Crippen LogP contribution in [0.4, 0.5) is 0 Å². The Morgan fingerprint density at radius 2 is 1.71 bits per heavy atom. The van der Waals surface area contributed by atoms with Crippen LogP contribution in [0.25, 0.3) is 10.8 Å². The first kappa shape index (κ1) is 16.8. The van der Waals surface area contributed by atoms with Crippen LogP contribution in [0.2, 0.25) is 0 Å². The lowest BCUT2D eigenvalue weighted by atomic mass is 9.92. The van der Waals surface area contributed by atoms with E-state index in [4.69, 9.17) is 14.2 Å². The predicted octanol–water partition coefficient (Wildman–Crippen LogP) is 2.13. The van der Waals surface area contributed by atoms with Gasteiger partial charge < -0.3 is 29.5 Å². The molecule has 1 saturated heterocycles. The Hall–Kier alpha value is -2.02. The van der Waals surface area contributed by atoms with Crippen LogP contribution < -0.4 is 9.47 Å². The fourth-order valence-electron chi connectivity index (χ4n) is 3.26. The van der Waals surface area contributed by atoms with Crippen molar-refractivity contribution in [3.63, 3.8) is 0 Å². The summed E-state index contributed by atoms with van der Waals surface area (Å²) in [5.41, 5.74) is 0.548. The van der Waals surface area contributed by atoms with E-state index >= 15 is 0 Å². The number of aliphatic hydroxyl groups is 2. The molecule has 0 radical (unpaired) electrons. The number of ether oxygens (including phenoxy) is 3. The Balaban J connectivity index is 2.12. The zero-order valence-corrected chi connectivity index (χ0v) is 13.9. The molecule has 1 aliphatic heterocycles. The van der Waals surface area contributed by atoms with Crippen molar-refractivity contribution in [3.8, 4) is 17.2 Å². The molecular formula is C18H22O6. The van der Waals surface area contributed by atoms with E-state index in [1.807, 2.05) is 6.07 Å². The Kier molecular flexibility index (Phi) is 4.54. The predicted molar refractivity (Wildman–Crippen MR) is 88.6 cm³/mol. The van der Waals surface area contributed by atoms with Crippen LogP contribution in [-0.4, -0.2) is 47.9 Å². The monoisotopic (exact) mass is 334 g/mol. The molecule has 130 valence electrons. The SMILES string of the molecule is COc1ccc(OC)c2c(O)c([C@H]3C[C@@H](O)[C@H](O)[C@@H](C)O3)ccc12. The molecule has 3 N–H and O–H groups in total. The van der Waals surface area contributed by atoms with Gasteiger partial charge in [-0.1, -0.05) is 6.07 Å². The number of hydrogen-bond donors (Lipinski definition) is 3. The van der Waals surface area contributed by atoms with E-state index in [0.29, 0.717) is 22.4 Å². The molecule has 6 heteroatoms. The van der Waals surface area contributed by atoms with Gasteiger partial charge in [0, 0.05) is 17.4 Å². The van der Waals surface area contributed by atoms with E-state index in [2.05, 4.69) is 0 Å². The van der Waals surface area contributed by atoms with Gasteiger partial charge in [0.2, 0.25) is 0 Å². The van der Waals surface area contributed by atoms with Crippen molar-refractivity contribution in [2.45, 2.75) is 37.8 Å². The average molecular weight is 334 g/mol. The number of rotatable bonds is 3. The first-order chi connectivity index (χ1) is 11.5. The third-order valence-electron chi connectivity index (χ3n) is 4.60. The summed E-state index contributed by atoms with van der Waals surface area (Å²) in [6, 6.07) is 7.09. The van der Waals surface area contributed by atoms with Gasteiger partial charge in [0.05, 0.1) is 37.9 Å². The quantitative estimate of drug-likeness (QED) is 0.797. The largest absolute Gasteiger partial charge is 0.507 e. The Bertz CT molecular complexity index is 732. The highest BCUT2D eigenvalue weighted by molar-refractivity contribution is 5.98. The first-order valence-electron chi connectivity index (χ1n) is 7.86. The maximum absolute atomic E-state index is 10.8. The molecule has 0 spiro atoms.